The van der Waals surface area contributed by atoms with E-state index in [4.69, 9.17) is 0 Å². The van der Waals surface area contributed by atoms with Gasteiger partial charge in [-0.3, -0.25) is 9.38 Å². The van der Waals surface area contributed by atoms with E-state index in [-0.39, 0.29) is 0 Å². The Balaban J connectivity index is 1.63. The summed E-state index contributed by atoms with van der Waals surface area (Å²) in [7, 11) is 0. The molecule has 0 spiro atoms. The molecule has 3 rings (SSSR count). The zero-order valence-corrected chi connectivity index (χ0v) is 12.6. The molecule has 1 N–H and O–H groups in total. The van der Waals surface area contributed by atoms with Crippen LogP contribution in [-0.4, -0.2) is 20.9 Å². The second-order valence-corrected chi connectivity index (χ2v) is 5.76. The first-order chi connectivity index (χ1) is 9.75. The summed E-state index contributed by atoms with van der Waals surface area (Å²) in [5.74, 6) is 0. The molecule has 0 aromatic carbocycles. The molecule has 0 fully saturated rings. The minimum atomic E-state index is 0.852. The summed E-state index contributed by atoms with van der Waals surface area (Å²) in [5, 5.41) is 5.66. The van der Waals surface area contributed by atoms with Crippen molar-refractivity contribution < 1.29 is 0 Å². The van der Waals surface area contributed by atoms with Gasteiger partial charge in [-0.05, 0) is 38.4 Å². The number of imidazole rings is 1. The van der Waals surface area contributed by atoms with Gasteiger partial charge in [-0.25, -0.2) is 4.98 Å². The van der Waals surface area contributed by atoms with E-state index in [0.717, 1.165) is 30.2 Å². The highest BCUT2D eigenvalue weighted by atomic mass is 32.1. The predicted molar refractivity (Wildman–Crippen MR) is 82.2 cm³/mol. The smallest absolute Gasteiger partial charge is 0.194 e. The normalized spacial score (nSPS) is 11.3. The van der Waals surface area contributed by atoms with Crippen molar-refractivity contribution in [3.8, 4) is 0 Å². The summed E-state index contributed by atoms with van der Waals surface area (Å²) in [6.45, 7) is 6.01. The van der Waals surface area contributed by atoms with Gasteiger partial charge in [0.15, 0.2) is 4.96 Å². The van der Waals surface area contributed by atoms with Crippen molar-refractivity contribution in [1.29, 1.82) is 0 Å². The lowest BCUT2D eigenvalue weighted by Crippen LogP contribution is -2.18. The fourth-order valence-corrected chi connectivity index (χ4v) is 3.29. The summed E-state index contributed by atoms with van der Waals surface area (Å²) in [5.41, 5.74) is 4.91. The molecule has 0 aliphatic carbocycles. The third-order valence-electron chi connectivity index (χ3n) is 3.44. The molecule has 0 aliphatic rings. The number of fused-ring (bicyclic) bond motifs is 1. The van der Waals surface area contributed by atoms with E-state index in [1.54, 1.807) is 11.3 Å². The van der Waals surface area contributed by atoms with Gasteiger partial charge in [-0.2, -0.15) is 0 Å². The summed E-state index contributed by atoms with van der Waals surface area (Å²) < 4.78 is 2.25. The van der Waals surface area contributed by atoms with Crippen molar-refractivity contribution in [2.75, 3.05) is 6.54 Å². The van der Waals surface area contributed by atoms with Gasteiger partial charge in [-0.1, -0.05) is 6.07 Å². The van der Waals surface area contributed by atoms with Gasteiger partial charge in [0.2, 0.25) is 0 Å². The van der Waals surface area contributed by atoms with Crippen LogP contribution in [0.1, 0.15) is 22.6 Å². The fourth-order valence-electron chi connectivity index (χ4n) is 2.36. The van der Waals surface area contributed by atoms with Crippen LogP contribution >= 0.6 is 11.3 Å². The zero-order chi connectivity index (χ0) is 13.9. The molecule has 3 heterocycles. The van der Waals surface area contributed by atoms with Crippen LogP contribution in [0.4, 0.5) is 0 Å². The van der Waals surface area contributed by atoms with E-state index >= 15 is 0 Å². The van der Waals surface area contributed by atoms with Gasteiger partial charge in [0.1, 0.15) is 0 Å². The van der Waals surface area contributed by atoms with Crippen LogP contribution < -0.4 is 5.32 Å². The molecule has 104 valence electrons. The maximum Gasteiger partial charge on any atom is 0.194 e. The Morgan fingerprint density at radius 2 is 2.25 bits per heavy atom. The van der Waals surface area contributed by atoms with Crippen LogP contribution in [0.2, 0.25) is 0 Å². The molecule has 0 saturated heterocycles. The molecule has 3 aromatic heterocycles. The van der Waals surface area contributed by atoms with Gasteiger partial charge in [-0.15, -0.1) is 11.3 Å². The molecule has 0 amide bonds. The number of nitrogens with zero attached hydrogens (tertiary/aromatic N) is 3. The number of hydrogen-bond donors (Lipinski definition) is 1. The first-order valence-corrected chi connectivity index (χ1v) is 7.65. The van der Waals surface area contributed by atoms with Gasteiger partial charge >= 0.3 is 0 Å². The first-order valence-electron chi connectivity index (χ1n) is 6.77. The largest absolute Gasteiger partial charge is 0.311 e. The second-order valence-electron chi connectivity index (χ2n) is 4.93. The quantitative estimate of drug-likeness (QED) is 0.733. The van der Waals surface area contributed by atoms with Crippen molar-refractivity contribution in [1.82, 2.24) is 19.7 Å². The molecule has 5 heteroatoms. The maximum absolute atomic E-state index is 4.60. The molecule has 4 nitrogen and oxygen atoms in total. The summed E-state index contributed by atoms with van der Waals surface area (Å²) in [4.78, 5) is 9.82. The molecule has 3 aromatic rings. The van der Waals surface area contributed by atoms with E-state index in [1.807, 2.05) is 18.5 Å². The minimum absolute atomic E-state index is 0.852. The Labute approximate surface area is 122 Å². The molecular formula is C15H18N4S. The average Bonchev–Trinajstić information content (AvgIpc) is 2.96. The van der Waals surface area contributed by atoms with E-state index in [9.17, 15) is 0 Å². The lowest BCUT2D eigenvalue weighted by molar-refractivity contribution is 0.666. The molecule has 0 bridgehead atoms. The van der Waals surface area contributed by atoms with Crippen LogP contribution in [0.5, 0.6) is 0 Å². The number of aryl methyl sites for hydroxylation is 2. The number of nitrogens with one attached hydrogen (secondary N) is 1. The first kappa shape index (κ1) is 13.3. The van der Waals surface area contributed by atoms with E-state index in [1.165, 1.54) is 17.0 Å². The Morgan fingerprint density at radius 3 is 3.05 bits per heavy atom. The third kappa shape index (κ3) is 2.59. The molecule has 0 atom stereocenters. The lowest BCUT2D eigenvalue weighted by atomic mass is 10.2. The number of rotatable bonds is 5. The van der Waals surface area contributed by atoms with Gasteiger partial charge in [0.05, 0.1) is 11.4 Å². The molecule has 0 radical (unpaired) electrons. The van der Waals surface area contributed by atoms with Crippen molar-refractivity contribution in [2.24, 2.45) is 0 Å². The highest BCUT2D eigenvalue weighted by Gasteiger charge is 2.11. The Kier molecular flexibility index (Phi) is 3.80. The fraction of sp³-hybridized carbons (Fsp3) is 0.333. The highest BCUT2D eigenvalue weighted by molar-refractivity contribution is 7.15. The van der Waals surface area contributed by atoms with Crippen molar-refractivity contribution in [3.63, 3.8) is 0 Å². The summed E-state index contributed by atoms with van der Waals surface area (Å²) in [6.07, 6.45) is 4.73. The lowest BCUT2D eigenvalue weighted by Gasteiger charge is -2.06. The van der Waals surface area contributed by atoms with Gasteiger partial charge in [0.25, 0.3) is 0 Å². The Morgan fingerprint density at radius 1 is 1.35 bits per heavy atom. The molecule has 20 heavy (non-hydrogen) atoms. The summed E-state index contributed by atoms with van der Waals surface area (Å²) in [6, 6.07) is 4.09. The van der Waals surface area contributed by atoms with Crippen LogP contribution in [0.3, 0.4) is 0 Å². The summed E-state index contributed by atoms with van der Waals surface area (Å²) >= 11 is 1.70. The highest BCUT2D eigenvalue weighted by Crippen LogP contribution is 2.20. The van der Waals surface area contributed by atoms with Crippen molar-refractivity contribution in [3.05, 3.63) is 52.6 Å². The Bertz CT molecular complexity index is 699. The standard InChI is InChI=1S/C15H18N4S/c1-11-10-20-15-18-12(2)14(19(11)15)9-17-7-5-13-4-3-6-16-8-13/h3-4,6,8,10,17H,5,7,9H2,1-2H3. The third-order valence-corrected chi connectivity index (χ3v) is 4.38. The van der Waals surface area contributed by atoms with E-state index in [2.05, 4.69) is 45.0 Å². The van der Waals surface area contributed by atoms with Crippen molar-refractivity contribution in [2.45, 2.75) is 26.8 Å². The van der Waals surface area contributed by atoms with Crippen LogP contribution in [-0.2, 0) is 13.0 Å². The molecule has 0 aliphatic heterocycles. The monoisotopic (exact) mass is 286 g/mol. The van der Waals surface area contributed by atoms with Gasteiger partial charge < -0.3 is 5.32 Å². The molecule has 0 saturated carbocycles. The number of aromatic nitrogens is 3. The van der Waals surface area contributed by atoms with E-state index < -0.39 is 0 Å². The Hall–Kier alpha value is -1.72. The molecular weight excluding hydrogens is 268 g/mol. The van der Waals surface area contributed by atoms with Crippen LogP contribution in [0, 0.1) is 13.8 Å². The maximum atomic E-state index is 4.60. The minimum Gasteiger partial charge on any atom is -0.311 e. The topological polar surface area (TPSA) is 42.2 Å². The predicted octanol–water partition coefficient (Wildman–Crippen LogP) is 2.74. The number of pyridine rings is 1. The average molecular weight is 286 g/mol. The zero-order valence-electron chi connectivity index (χ0n) is 11.8. The molecule has 0 unspecified atom stereocenters. The van der Waals surface area contributed by atoms with Crippen LogP contribution in [0.15, 0.2) is 29.9 Å². The van der Waals surface area contributed by atoms with E-state index in [0.29, 0.717) is 0 Å². The van der Waals surface area contributed by atoms with Crippen LogP contribution in [0.25, 0.3) is 4.96 Å². The number of thiazole rings is 1. The second kappa shape index (κ2) is 5.73. The van der Waals surface area contributed by atoms with Crippen molar-refractivity contribution >= 4 is 16.3 Å². The van der Waals surface area contributed by atoms with Gasteiger partial charge in [0, 0.05) is 30.0 Å². The number of hydrogen-bond acceptors (Lipinski definition) is 4. The SMILES string of the molecule is Cc1nc2scc(C)n2c1CNCCc1cccnc1.